The number of nitrogens with two attached hydrogens (primary N) is 2. The number of H-pyrrole nitrogens is 1. The molecule has 0 bridgehead atoms. The molecule has 4 aromatic rings. The van der Waals surface area contributed by atoms with Gasteiger partial charge in [-0.3, -0.25) is 4.90 Å². The van der Waals surface area contributed by atoms with Gasteiger partial charge in [0.1, 0.15) is 17.5 Å². The van der Waals surface area contributed by atoms with Gasteiger partial charge >= 0.3 is 6.09 Å². The average molecular weight is 521 g/mol. The van der Waals surface area contributed by atoms with Gasteiger partial charge in [0, 0.05) is 46.8 Å². The maximum absolute atomic E-state index is 13.4. The minimum Gasteiger partial charge on any atom is -0.493 e. The number of hydrogen-bond donors (Lipinski definition) is 4. The van der Waals surface area contributed by atoms with E-state index in [0.717, 1.165) is 27.7 Å². The third kappa shape index (κ3) is 5.36. The molecule has 9 heteroatoms. The molecule has 1 aliphatic rings. The Hall–Kier alpha value is -3.72. The number of hydrogen-bond acceptors (Lipinski definition) is 6. The van der Waals surface area contributed by atoms with Crippen LogP contribution in [0.2, 0.25) is 5.02 Å². The Morgan fingerprint density at radius 1 is 1.11 bits per heavy atom. The second kappa shape index (κ2) is 10.7. The molecule has 0 fully saturated rings. The Morgan fingerprint density at radius 3 is 2.57 bits per heavy atom. The van der Waals surface area contributed by atoms with Crippen molar-refractivity contribution >= 4 is 34.3 Å². The van der Waals surface area contributed by atoms with Crippen LogP contribution in [0.5, 0.6) is 11.5 Å². The number of rotatable bonds is 7. The predicted molar refractivity (Wildman–Crippen MR) is 144 cm³/mol. The number of ether oxygens (including phenoxy) is 2. The molecule has 0 aliphatic carbocycles. The monoisotopic (exact) mass is 520 g/mol. The van der Waals surface area contributed by atoms with Crippen molar-refractivity contribution in [1.29, 1.82) is 0 Å². The van der Waals surface area contributed by atoms with Crippen molar-refractivity contribution in [3.63, 3.8) is 0 Å². The number of nitrogens with one attached hydrogen (secondary N) is 1. The van der Waals surface area contributed by atoms with Gasteiger partial charge in [-0.2, -0.15) is 0 Å². The van der Waals surface area contributed by atoms with Gasteiger partial charge in [-0.05, 0) is 72.1 Å². The number of nitrogens with zero attached hydrogens (tertiary/aromatic N) is 1. The number of anilines is 1. The lowest BCUT2D eigenvalue weighted by Crippen LogP contribution is -2.42. The van der Waals surface area contributed by atoms with Crippen LogP contribution in [0.1, 0.15) is 29.3 Å². The summed E-state index contributed by atoms with van der Waals surface area (Å²) < 4.78 is 11.5. The number of aromatic amines is 1. The largest absolute Gasteiger partial charge is 0.493 e. The summed E-state index contributed by atoms with van der Waals surface area (Å²) in [6.07, 6.45) is 0.0737. The van der Waals surface area contributed by atoms with E-state index >= 15 is 0 Å². The van der Waals surface area contributed by atoms with Crippen LogP contribution in [0, 0.1) is 0 Å². The van der Waals surface area contributed by atoms with E-state index in [2.05, 4.69) is 4.98 Å². The number of carbonyl (C=O) groups is 1. The van der Waals surface area contributed by atoms with Gasteiger partial charge in [-0.15, -0.1) is 0 Å². The molecule has 0 saturated carbocycles. The van der Waals surface area contributed by atoms with Crippen molar-refractivity contribution in [3.05, 3.63) is 88.6 Å². The number of carbonyl (C=O) groups excluding carboxylic acids is 1. The molecule has 2 heterocycles. The van der Waals surface area contributed by atoms with Gasteiger partial charge in [-0.1, -0.05) is 23.7 Å². The lowest BCUT2D eigenvalue weighted by Gasteiger charge is -2.35. The summed E-state index contributed by atoms with van der Waals surface area (Å²) in [6.45, 7) is 1.03. The fourth-order valence-electron chi connectivity index (χ4n) is 4.68. The summed E-state index contributed by atoms with van der Waals surface area (Å²) >= 11 is 6.30. The summed E-state index contributed by atoms with van der Waals surface area (Å²) in [5.74, 6) is 1.10. The molecule has 192 valence electrons. The number of aliphatic hydroxyl groups excluding tert-OH is 1. The normalized spacial score (nSPS) is 15.9. The molecule has 1 aromatic heterocycles. The van der Waals surface area contributed by atoms with E-state index in [-0.39, 0.29) is 6.54 Å². The highest BCUT2D eigenvalue weighted by molar-refractivity contribution is 6.31. The Morgan fingerprint density at radius 2 is 1.84 bits per heavy atom. The molecule has 3 aromatic carbocycles. The third-order valence-electron chi connectivity index (χ3n) is 6.60. The molecule has 0 saturated heterocycles. The molecule has 0 radical (unpaired) electrons. The molecular formula is C28H29ClN4O4. The number of benzene rings is 3. The minimum absolute atomic E-state index is 0.199. The molecule has 37 heavy (non-hydrogen) atoms. The Kier molecular flexibility index (Phi) is 7.23. The third-order valence-corrected chi connectivity index (χ3v) is 6.83. The van der Waals surface area contributed by atoms with Crippen LogP contribution in [-0.2, 0) is 6.42 Å². The van der Waals surface area contributed by atoms with E-state index in [9.17, 15) is 9.90 Å². The van der Waals surface area contributed by atoms with Crippen molar-refractivity contribution in [3.8, 4) is 11.5 Å². The van der Waals surface area contributed by atoms with Crippen LogP contribution in [0.15, 0.2) is 66.7 Å². The fraction of sp³-hybridized carbons (Fsp3) is 0.250. The van der Waals surface area contributed by atoms with E-state index in [0.29, 0.717) is 48.2 Å². The average Bonchev–Trinajstić information content (AvgIpc) is 3.27. The lowest BCUT2D eigenvalue weighted by molar-refractivity contribution is 0.135. The van der Waals surface area contributed by atoms with Gasteiger partial charge in [0.15, 0.2) is 0 Å². The van der Waals surface area contributed by atoms with Crippen LogP contribution >= 0.6 is 11.6 Å². The molecular weight excluding hydrogens is 492 g/mol. The fourth-order valence-corrected chi connectivity index (χ4v) is 4.85. The van der Waals surface area contributed by atoms with E-state index < -0.39 is 18.2 Å². The van der Waals surface area contributed by atoms with Gasteiger partial charge in [0.2, 0.25) is 0 Å². The highest BCUT2D eigenvalue weighted by Crippen LogP contribution is 2.40. The van der Waals surface area contributed by atoms with Crippen LogP contribution in [-0.4, -0.2) is 46.9 Å². The zero-order valence-electron chi connectivity index (χ0n) is 20.2. The van der Waals surface area contributed by atoms with Crippen molar-refractivity contribution in [2.75, 3.05) is 25.4 Å². The highest BCUT2D eigenvalue weighted by atomic mass is 35.5. The number of aromatic nitrogens is 1. The van der Waals surface area contributed by atoms with E-state index in [4.69, 9.17) is 32.5 Å². The number of aliphatic hydroxyl groups is 1. The zero-order chi connectivity index (χ0) is 25.9. The summed E-state index contributed by atoms with van der Waals surface area (Å²) in [4.78, 5) is 18.6. The van der Waals surface area contributed by atoms with Crippen molar-refractivity contribution in [2.24, 2.45) is 5.73 Å². The van der Waals surface area contributed by atoms with Crippen LogP contribution in [0.3, 0.4) is 0 Å². The number of amides is 1. The summed E-state index contributed by atoms with van der Waals surface area (Å²) in [5, 5.41) is 11.4. The topological polar surface area (TPSA) is 127 Å². The van der Waals surface area contributed by atoms with Crippen molar-refractivity contribution < 1.29 is 19.4 Å². The Bertz CT molecular complexity index is 1390. The predicted octanol–water partition coefficient (Wildman–Crippen LogP) is 4.64. The maximum Gasteiger partial charge on any atom is 0.416 e. The van der Waals surface area contributed by atoms with Crippen LogP contribution in [0.4, 0.5) is 10.5 Å². The van der Waals surface area contributed by atoms with Crippen LogP contribution < -0.4 is 20.9 Å². The van der Waals surface area contributed by atoms with Crippen molar-refractivity contribution in [2.45, 2.75) is 25.0 Å². The van der Waals surface area contributed by atoms with Crippen LogP contribution in [0.25, 0.3) is 10.9 Å². The van der Waals surface area contributed by atoms with Gasteiger partial charge < -0.3 is 31.0 Å². The number of fused-ring (bicyclic) bond motifs is 3. The number of halogens is 1. The molecule has 1 unspecified atom stereocenters. The summed E-state index contributed by atoms with van der Waals surface area (Å²) in [5.41, 5.74) is 15.8. The lowest BCUT2D eigenvalue weighted by atomic mass is 9.92. The molecule has 0 spiro atoms. The summed E-state index contributed by atoms with van der Waals surface area (Å²) in [6, 6.07) is 19.7. The Labute approximate surface area is 219 Å². The Balaban J connectivity index is 1.46. The molecule has 8 nitrogen and oxygen atoms in total. The second-order valence-corrected chi connectivity index (χ2v) is 9.52. The van der Waals surface area contributed by atoms with E-state index in [1.807, 2.05) is 42.5 Å². The standard InChI is InChI=1S/C28H29ClN4O4/c29-18-3-10-25-24(15-18)23-11-13-33(28(35)37-22-8-4-19(31)5-9-22)27(26(23)32-25)17-1-6-21(7-2-17)36-14-12-20(34)16-30/h1-10,15,20,27,32,34H,11-14,16,30-31H2/t20?,27-/m0/s1. The smallest absolute Gasteiger partial charge is 0.416 e. The highest BCUT2D eigenvalue weighted by Gasteiger charge is 2.35. The van der Waals surface area contributed by atoms with Crippen molar-refractivity contribution in [1.82, 2.24) is 9.88 Å². The van der Waals surface area contributed by atoms with Gasteiger partial charge in [0.05, 0.1) is 12.7 Å². The second-order valence-electron chi connectivity index (χ2n) is 9.09. The first-order valence-corrected chi connectivity index (χ1v) is 12.6. The molecule has 5 rings (SSSR count). The van der Waals surface area contributed by atoms with E-state index in [1.165, 1.54) is 0 Å². The summed E-state index contributed by atoms with van der Waals surface area (Å²) in [7, 11) is 0. The zero-order valence-corrected chi connectivity index (χ0v) is 20.9. The molecule has 1 aliphatic heterocycles. The van der Waals surface area contributed by atoms with Gasteiger partial charge in [0.25, 0.3) is 0 Å². The van der Waals surface area contributed by atoms with Gasteiger partial charge in [-0.25, -0.2) is 4.79 Å². The maximum atomic E-state index is 13.4. The number of nitrogen functional groups attached to an aromatic ring is 1. The molecule has 6 N–H and O–H groups in total. The first-order valence-electron chi connectivity index (χ1n) is 12.2. The van der Waals surface area contributed by atoms with E-state index in [1.54, 1.807) is 29.2 Å². The molecule has 2 atom stereocenters. The minimum atomic E-state index is -0.587. The quantitative estimate of drug-likeness (QED) is 0.263. The SMILES string of the molecule is NCC(O)CCOc1ccc([C@H]2c3[nH]c4ccc(Cl)cc4c3CCN2C(=O)Oc2ccc(N)cc2)cc1. The first-order chi connectivity index (χ1) is 17.9. The molecule has 1 amide bonds. The first kappa shape index (κ1) is 25.0.